The summed E-state index contributed by atoms with van der Waals surface area (Å²) in [5.74, 6) is 0. The molecule has 3 aromatic rings. The Balaban J connectivity index is 2.34. The molecule has 21 heavy (non-hydrogen) atoms. The van der Waals surface area contributed by atoms with Crippen molar-refractivity contribution >= 4 is 50.0 Å². The second-order valence-corrected chi connectivity index (χ2v) is 6.88. The Bertz CT molecular complexity index is 885. The zero-order valence-corrected chi connectivity index (χ0v) is 14.6. The summed E-state index contributed by atoms with van der Waals surface area (Å²) < 4.78 is 1.29. The van der Waals surface area contributed by atoms with Gasteiger partial charge >= 0.3 is 0 Å². The molecule has 1 unspecified atom stereocenters. The minimum absolute atomic E-state index is 0.402. The number of aryl methyl sites for hydroxylation is 1. The molecule has 0 N–H and O–H groups in total. The standard InChI is InChI=1S/C18H17IN2/c1-4-21-11(3)12-6-5-7-14-17(12)18-15(21)9-8-13(19)16(18)10(2)20-14/h5-9,11H,4H2,1-3H3. The SMILES string of the molecule is CCN1c2ccc(I)c3c(C)nc4cccc(c4c23)C1C. The van der Waals surface area contributed by atoms with E-state index in [1.807, 2.05) is 0 Å². The number of pyridine rings is 1. The van der Waals surface area contributed by atoms with Crippen molar-refractivity contribution in [1.29, 1.82) is 0 Å². The maximum atomic E-state index is 4.86. The van der Waals surface area contributed by atoms with Crippen LogP contribution in [0.2, 0.25) is 0 Å². The van der Waals surface area contributed by atoms with Gasteiger partial charge in [0.15, 0.2) is 0 Å². The molecule has 2 aromatic carbocycles. The average molecular weight is 388 g/mol. The van der Waals surface area contributed by atoms with E-state index < -0.39 is 0 Å². The molecule has 1 atom stereocenters. The van der Waals surface area contributed by atoms with Crippen LogP contribution in [0, 0.1) is 10.5 Å². The molecule has 0 fully saturated rings. The summed E-state index contributed by atoms with van der Waals surface area (Å²) in [5, 5.41) is 4.06. The lowest BCUT2D eigenvalue weighted by atomic mass is 9.90. The average Bonchev–Trinajstić information content (AvgIpc) is 2.48. The molecule has 0 amide bonds. The highest BCUT2D eigenvalue weighted by Gasteiger charge is 2.27. The van der Waals surface area contributed by atoms with Crippen LogP contribution in [0.15, 0.2) is 30.3 Å². The van der Waals surface area contributed by atoms with Crippen molar-refractivity contribution in [2.24, 2.45) is 0 Å². The van der Waals surface area contributed by atoms with Crippen molar-refractivity contribution in [3.63, 3.8) is 0 Å². The van der Waals surface area contributed by atoms with Crippen LogP contribution in [0.3, 0.4) is 0 Å². The second kappa shape index (κ2) is 4.57. The van der Waals surface area contributed by atoms with Gasteiger partial charge in [0.2, 0.25) is 0 Å². The number of halogens is 1. The van der Waals surface area contributed by atoms with Crippen LogP contribution >= 0.6 is 22.6 Å². The lowest BCUT2D eigenvalue weighted by molar-refractivity contribution is 0.693. The van der Waals surface area contributed by atoms with Gasteiger partial charge in [-0.2, -0.15) is 0 Å². The van der Waals surface area contributed by atoms with Crippen molar-refractivity contribution in [2.45, 2.75) is 26.8 Å². The summed E-state index contributed by atoms with van der Waals surface area (Å²) >= 11 is 2.43. The van der Waals surface area contributed by atoms with Crippen molar-refractivity contribution in [1.82, 2.24) is 4.98 Å². The Hall–Kier alpha value is -1.36. The Morgan fingerprint density at radius 2 is 1.95 bits per heavy atom. The monoisotopic (exact) mass is 388 g/mol. The highest BCUT2D eigenvalue weighted by Crippen LogP contribution is 2.45. The Morgan fingerprint density at radius 1 is 1.14 bits per heavy atom. The van der Waals surface area contributed by atoms with Gasteiger partial charge in [-0.05, 0) is 67.1 Å². The van der Waals surface area contributed by atoms with Crippen molar-refractivity contribution in [3.05, 3.63) is 45.2 Å². The van der Waals surface area contributed by atoms with Gasteiger partial charge in [-0.1, -0.05) is 12.1 Å². The van der Waals surface area contributed by atoms with E-state index in [-0.39, 0.29) is 0 Å². The highest BCUT2D eigenvalue weighted by atomic mass is 127. The molecule has 4 rings (SSSR count). The number of aromatic nitrogens is 1. The van der Waals surface area contributed by atoms with Crippen LogP contribution in [-0.4, -0.2) is 11.5 Å². The van der Waals surface area contributed by atoms with Gasteiger partial charge in [-0.15, -0.1) is 0 Å². The lowest BCUT2D eigenvalue weighted by Gasteiger charge is -2.36. The van der Waals surface area contributed by atoms with E-state index >= 15 is 0 Å². The fraction of sp³-hybridized carbons (Fsp3) is 0.278. The van der Waals surface area contributed by atoms with Crippen LogP contribution < -0.4 is 4.90 Å². The molecular formula is C18H17IN2. The number of hydrogen-bond acceptors (Lipinski definition) is 2. The Morgan fingerprint density at radius 3 is 2.71 bits per heavy atom. The molecule has 0 saturated heterocycles. The predicted molar refractivity (Wildman–Crippen MR) is 98.1 cm³/mol. The van der Waals surface area contributed by atoms with Gasteiger partial charge in [0.25, 0.3) is 0 Å². The van der Waals surface area contributed by atoms with Gasteiger partial charge in [-0.25, -0.2) is 0 Å². The minimum atomic E-state index is 0.402. The van der Waals surface area contributed by atoms with Crippen molar-refractivity contribution < 1.29 is 0 Å². The predicted octanol–water partition coefficient (Wildman–Crippen LogP) is 5.20. The first kappa shape index (κ1) is 13.3. The molecule has 2 nitrogen and oxygen atoms in total. The molecule has 0 aliphatic carbocycles. The fourth-order valence-electron chi connectivity index (χ4n) is 3.74. The van der Waals surface area contributed by atoms with Crippen LogP contribution in [0.1, 0.15) is 31.1 Å². The number of nitrogens with zero attached hydrogens (tertiary/aromatic N) is 2. The molecule has 0 spiro atoms. The van der Waals surface area contributed by atoms with E-state index in [9.17, 15) is 0 Å². The Kier molecular flexibility index (Phi) is 2.89. The van der Waals surface area contributed by atoms with Crippen LogP contribution in [0.5, 0.6) is 0 Å². The quantitative estimate of drug-likeness (QED) is 0.421. The molecule has 0 saturated carbocycles. The summed E-state index contributed by atoms with van der Waals surface area (Å²) in [6.07, 6.45) is 0. The molecular weight excluding hydrogens is 371 g/mol. The molecule has 2 heterocycles. The van der Waals surface area contributed by atoms with E-state index in [4.69, 9.17) is 4.98 Å². The van der Waals surface area contributed by atoms with Crippen LogP contribution in [0.4, 0.5) is 5.69 Å². The van der Waals surface area contributed by atoms with E-state index in [2.05, 4.69) is 78.6 Å². The first-order chi connectivity index (χ1) is 10.1. The van der Waals surface area contributed by atoms with Crippen LogP contribution in [-0.2, 0) is 0 Å². The smallest absolute Gasteiger partial charge is 0.0716 e. The van der Waals surface area contributed by atoms with Gasteiger partial charge in [0, 0.05) is 37.7 Å². The van der Waals surface area contributed by atoms with E-state index in [0.29, 0.717) is 6.04 Å². The van der Waals surface area contributed by atoms with Crippen molar-refractivity contribution in [3.8, 4) is 0 Å². The minimum Gasteiger partial charge on any atom is -0.365 e. The third-order valence-corrected chi connectivity index (χ3v) is 5.57. The number of rotatable bonds is 1. The maximum Gasteiger partial charge on any atom is 0.0716 e. The second-order valence-electron chi connectivity index (χ2n) is 5.72. The summed E-state index contributed by atoms with van der Waals surface area (Å²) in [6, 6.07) is 11.4. The zero-order chi connectivity index (χ0) is 14.7. The summed E-state index contributed by atoms with van der Waals surface area (Å²) in [7, 11) is 0. The van der Waals surface area contributed by atoms with Crippen molar-refractivity contribution in [2.75, 3.05) is 11.4 Å². The summed E-state index contributed by atoms with van der Waals surface area (Å²) in [4.78, 5) is 7.36. The molecule has 1 aromatic heterocycles. The number of hydrogen-bond donors (Lipinski definition) is 0. The van der Waals surface area contributed by atoms with E-state index in [0.717, 1.165) is 17.8 Å². The molecule has 0 radical (unpaired) electrons. The molecule has 106 valence electrons. The largest absolute Gasteiger partial charge is 0.365 e. The Labute approximate surface area is 138 Å². The molecule has 0 bridgehead atoms. The molecule has 1 aliphatic heterocycles. The number of anilines is 1. The van der Waals surface area contributed by atoms with Gasteiger partial charge in [-0.3, -0.25) is 4.98 Å². The normalized spacial score (nSPS) is 17.1. The fourth-order valence-corrected chi connectivity index (χ4v) is 4.58. The molecule has 1 aliphatic rings. The van der Waals surface area contributed by atoms with Gasteiger partial charge < -0.3 is 4.90 Å². The van der Waals surface area contributed by atoms with Crippen LogP contribution in [0.25, 0.3) is 21.7 Å². The third-order valence-electron chi connectivity index (χ3n) is 4.67. The highest BCUT2D eigenvalue weighted by molar-refractivity contribution is 14.1. The first-order valence-corrected chi connectivity index (χ1v) is 8.49. The third kappa shape index (κ3) is 1.67. The lowest BCUT2D eigenvalue weighted by Crippen LogP contribution is -2.29. The van der Waals surface area contributed by atoms with E-state index in [1.165, 1.54) is 31.0 Å². The zero-order valence-electron chi connectivity index (χ0n) is 12.4. The maximum absolute atomic E-state index is 4.86. The summed E-state index contributed by atoms with van der Waals surface area (Å²) in [6.45, 7) is 7.68. The topological polar surface area (TPSA) is 16.1 Å². The van der Waals surface area contributed by atoms with Gasteiger partial charge in [0.05, 0.1) is 11.6 Å². The molecule has 3 heteroatoms. The summed E-state index contributed by atoms with van der Waals surface area (Å²) in [5.41, 5.74) is 5.02. The number of benzene rings is 2. The first-order valence-electron chi connectivity index (χ1n) is 7.41. The van der Waals surface area contributed by atoms with E-state index in [1.54, 1.807) is 0 Å². The van der Waals surface area contributed by atoms with Gasteiger partial charge in [0.1, 0.15) is 0 Å².